The van der Waals surface area contributed by atoms with Gasteiger partial charge in [-0.2, -0.15) is 8.75 Å². The molecule has 3 atom stereocenters. The number of fused-ring (bicyclic) bond motifs is 2. The van der Waals surface area contributed by atoms with Gasteiger partial charge in [0.15, 0.2) is 0 Å². The van der Waals surface area contributed by atoms with Crippen molar-refractivity contribution in [3.8, 4) is 11.8 Å². The average Bonchev–Trinajstić information content (AvgIpc) is 3.17. The van der Waals surface area contributed by atoms with Gasteiger partial charge in [-0.25, -0.2) is 0 Å². The van der Waals surface area contributed by atoms with Crippen LogP contribution in [0.4, 0.5) is 0 Å². The number of aromatic nitrogens is 2. The Hall–Kier alpha value is -1.06. The summed E-state index contributed by atoms with van der Waals surface area (Å²) in [5.41, 5.74) is 2.21. The van der Waals surface area contributed by atoms with Crippen LogP contribution in [0.15, 0.2) is 29.3 Å². The molecule has 1 unspecified atom stereocenters. The highest BCUT2D eigenvalue weighted by Crippen LogP contribution is 2.41. The summed E-state index contributed by atoms with van der Waals surface area (Å²) in [7, 11) is 0. The van der Waals surface area contributed by atoms with Crippen LogP contribution in [-0.4, -0.2) is 39.0 Å². The van der Waals surface area contributed by atoms with Crippen LogP contribution in [0.1, 0.15) is 30.0 Å². The number of halogens is 1. The minimum Gasteiger partial charge on any atom is -0.302 e. The molecule has 0 spiro atoms. The first kappa shape index (κ1) is 16.4. The second kappa shape index (κ2) is 7.45. The van der Waals surface area contributed by atoms with Gasteiger partial charge in [-0.15, -0.1) is 0 Å². The molecular formula is C18H18ClN3S2. The summed E-state index contributed by atoms with van der Waals surface area (Å²) in [5, 5.41) is 1.83. The molecule has 0 amide bonds. The predicted octanol–water partition coefficient (Wildman–Crippen LogP) is 4.14. The monoisotopic (exact) mass is 375 g/mol. The summed E-state index contributed by atoms with van der Waals surface area (Å²) < 4.78 is 9.15. The molecule has 1 aromatic carbocycles. The SMILES string of the molecule is Clc1ccc(C#CCSc2nsnc2[C@@H]2CN3CCC[C@H]2C3)cc1. The zero-order valence-corrected chi connectivity index (χ0v) is 15.6. The number of piperidine rings is 1. The van der Waals surface area contributed by atoms with E-state index in [2.05, 4.69) is 25.5 Å². The molecule has 2 aliphatic rings. The van der Waals surface area contributed by atoms with Crippen LogP contribution in [0.25, 0.3) is 0 Å². The molecule has 4 rings (SSSR count). The predicted molar refractivity (Wildman–Crippen MR) is 101 cm³/mol. The summed E-state index contributed by atoms with van der Waals surface area (Å²) in [4.78, 5) is 2.58. The number of thioether (sulfide) groups is 1. The van der Waals surface area contributed by atoms with Gasteiger partial charge in [0.05, 0.1) is 23.2 Å². The summed E-state index contributed by atoms with van der Waals surface area (Å²) in [5.74, 6) is 8.47. The Balaban J connectivity index is 1.40. The zero-order chi connectivity index (χ0) is 16.4. The molecule has 0 N–H and O–H groups in total. The molecule has 2 aromatic rings. The fourth-order valence-electron chi connectivity index (χ4n) is 3.61. The first-order valence-electron chi connectivity index (χ1n) is 8.21. The summed E-state index contributed by atoms with van der Waals surface area (Å²) in [6.07, 6.45) is 2.66. The van der Waals surface area contributed by atoms with Crippen LogP contribution in [0.3, 0.4) is 0 Å². The van der Waals surface area contributed by atoms with Crippen molar-refractivity contribution in [2.24, 2.45) is 5.92 Å². The van der Waals surface area contributed by atoms with Crippen LogP contribution in [-0.2, 0) is 0 Å². The van der Waals surface area contributed by atoms with Crippen molar-refractivity contribution < 1.29 is 0 Å². The minimum absolute atomic E-state index is 0.568. The molecule has 24 heavy (non-hydrogen) atoms. The van der Waals surface area contributed by atoms with E-state index in [1.165, 1.54) is 43.4 Å². The fraction of sp³-hybridized carbons (Fsp3) is 0.444. The van der Waals surface area contributed by atoms with Gasteiger partial charge in [0, 0.05) is 29.6 Å². The van der Waals surface area contributed by atoms with Crippen molar-refractivity contribution in [3.63, 3.8) is 0 Å². The van der Waals surface area contributed by atoms with Gasteiger partial charge in [-0.05, 0) is 49.6 Å². The summed E-state index contributed by atoms with van der Waals surface area (Å²) in [6.45, 7) is 3.64. The lowest BCUT2D eigenvalue weighted by molar-refractivity contribution is 0.269. The summed E-state index contributed by atoms with van der Waals surface area (Å²) >= 11 is 8.95. The normalized spacial score (nSPS) is 25.3. The molecule has 124 valence electrons. The highest BCUT2D eigenvalue weighted by atomic mass is 35.5. The van der Waals surface area contributed by atoms with Crippen molar-refractivity contribution >= 4 is 35.1 Å². The Kier molecular flexibility index (Phi) is 5.09. The van der Waals surface area contributed by atoms with Gasteiger partial charge in [0.25, 0.3) is 0 Å². The molecule has 3 heterocycles. The Bertz CT molecular complexity index is 763. The van der Waals surface area contributed by atoms with E-state index in [4.69, 9.17) is 11.6 Å². The van der Waals surface area contributed by atoms with Crippen molar-refractivity contribution in [1.82, 2.24) is 13.6 Å². The van der Waals surface area contributed by atoms with Crippen LogP contribution < -0.4 is 0 Å². The largest absolute Gasteiger partial charge is 0.302 e. The molecular weight excluding hydrogens is 358 g/mol. The number of benzene rings is 1. The van der Waals surface area contributed by atoms with Crippen molar-refractivity contribution in [2.45, 2.75) is 23.8 Å². The highest BCUT2D eigenvalue weighted by Gasteiger charge is 2.38. The van der Waals surface area contributed by atoms with Gasteiger partial charge in [-0.3, -0.25) is 0 Å². The lowest BCUT2D eigenvalue weighted by atomic mass is 9.89. The number of nitrogens with zero attached hydrogens (tertiary/aromatic N) is 3. The Labute approximate surface area is 156 Å². The molecule has 2 bridgehead atoms. The molecule has 0 saturated carbocycles. The van der Waals surface area contributed by atoms with E-state index in [0.29, 0.717) is 5.92 Å². The van der Waals surface area contributed by atoms with Crippen LogP contribution >= 0.6 is 35.1 Å². The van der Waals surface area contributed by atoms with Gasteiger partial charge in [-0.1, -0.05) is 35.2 Å². The van der Waals surface area contributed by atoms with E-state index in [1.54, 1.807) is 11.8 Å². The van der Waals surface area contributed by atoms with Crippen LogP contribution in [0, 0.1) is 17.8 Å². The Morgan fingerprint density at radius 3 is 2.96 bits per heavy atom. The molecule has 2 saturated heterocycles. The number of hydrogen-bond donors (Lipinski definition) is 0. The highest BCUT2D eigenvalue weighted by molar-refractivity contribution is 7.99. The number of hydrogen-bond acceptors (Lipinski definition) is 5. The standard InChI is InChI=1S/C18H18ClN3S2/c19-15-7-5-13(6-8-15)3-2-10-23-18-17(20-24-21-18)16-12-22-9-1-4-14(16)11-22/h5-8,14,16H,1,4,9-12H2/t14-,16+/m0/s1. The van der Waals surface area contributed by atoms with E-state index >= 15 is 0 Å². The van der Waals surface area contributed by atoms with Crippen molar-refractivity contribution in [1.29, 1.82) is 0 Å². The van der Waals surface area contributed by atoms with Gasteiger partial charge < -0.3 is 4.90 Å². The van der Waals surface area contributed by atoms with Crippen LogP contribution in [0.5, 0.6) is 0 Å². The van der Waals surface area contributed by atoms with Gasteiger partial charge in [0.1, 0.15) is 5.03 Å². The smallest absolute Gasteiger partial charge is 0.134 e. The fourth-order valence-corrected chi connectivity index (χ4v) is 5.25. The van der Waals surface area contributed by atoms with Gasteiger partial charge >= 0.3 is 0 Å². The first-order chi connectivity index (χ1) is 11.8. The van der Waals surface area contributed by atoms with E-state index in [1.807, 2.05) is 24.3 Å². The molecule has 2 fully saturated rings. The lowest BCUT2D eigenvalue weighted by Gasteiger charge is -2.21. The number of rotatable bonds is 3. The average molecular weight is 376 g/mol. The van der Waals surface area contributed by atoms with Gasteiger partial charge in [0.2, 0.25) is 0 Å². The lowest BCUT2D eigenvalue weighted by Crippen LogP contribution is -2.25. The Morgan fingerprint density at radius 2 is 2.12 bits per heavy atom. The molecule has 3 nitrogen and oxygen atoms in total. The topological polar surface area (TPSA) is 29.0 Å². The van der Waals surface area contributed by atoms with Crippen LogP contribution in [0.2, 0.25) is 5.02 Å². The Morgan fingerprint density at radius 1 is 1.25 bits per heavy atom. The second-order valence-corrected chi connectivity index (χ2v) is 8.25. The second-order valence-electron chi connectivity index (χ2n) is 6.32. The van der Waals surface area contributed by atoms with E-state index in [0.717, 1.165) is 33.8 Å². The quantitative estimate of drug-likeness (QED) is 0.595. The zero-order valence-electron chi connectivity index (χ0n) is 13.2. The van der Waals surface area contributed by atoms with Crippen molar-refractivity contribution in [3.05, 3.63) is 40.5 Å². The molecule has 6 heteroatoms. The first-order valence-corrected chi connectivity index (χ1v) is 10.3. The molecule has 1 aromatic heterocycles. The van der Waals surface area contributed by atoms with E-state index in [-0.39, 0.29) is 0 Å². The minimum atomic E-state index is 0.568. The van der Waals surface area contributed by atoms with E-state index < -0.39 is 0 Å². The maximum Gasteiger partial charge on any atom is 0.134 e. The third-order valence-electron chi connectivity index (χ3n) is 4.76. The maximum absolute atomic E-state index is 5.89. The van der Waals surface area contributed by atoms with E-state index in [9.17, 15) is 0 Å². The third kappa shape index (κ3) is 3.62. The van der Waals surface area contributed by atoms with Crippen molar-refractivity contribution in [2.75, 3.05) is 25.4 Å². The summed E-state index contributed by atoms with van der Waals surface area (Å²) in [6, 6.07) is 7.63. The third-order valence-corrected chi connectivity index (χ3v) is 6.53. The molecule has 0 aliphatic carbocycles. The molecule has 2 aliphatic heterocycles. The maximum atomic E-state index is 5.89. The molecule has 0 radical (unpaired) electrons.